The first-order chi connectivity index (χ1) is 9.11. The Hall–Kier alpha value is -1.06. The molecule has 0 atom stereocenters. The van der Waals surface area contributed by atoms with E-state index in [1.54, 1.807) is 0 Å². The first kappa shape index (κ1) is 12.9. The minimum atomic E-state index is -0.0574. The van der Waals surface area contributed by atoms with Gasteiger partial charge in [-0.05, 0) is 38.0 Å². The minimum absolute atomic E-state index is 0.0574. The molecular weight excluding hydrogens is 258 g/mol. The summed E-state index contributed by atoms with van der Waals surface area (Å²) in [6, 6.07) is 5.91. The third-order valence-corrected chi connectivity index (χ3v) is 4.45. The first-order valence-corrected chi connectivity index (χ1v) is 7.43. The van der Waals surface area contributed by atoms with E-state index in [-0.39, 0.29) is 5.54 Å². The molecule has 0 spiro atoms. The average Bonchev–Trinajstić information content (AvgIpc) is 2.92. The van der Waals surface area contributed by atoms with E-state index in [9.17, 15) is 0 Å². The monoisotopic (exact) mass is 277 g/mol. The third kappa shape index (κ3) is 2.37. The van der Waals surface area contributed by atoms with Gasteiger partial charge in [0.2, 0.25) is 0 Å². The molecule has 1 aromatic heterocycles. The van der Waals surface area contributed by atoms with E-state index >= 15 is 0 Å². The van der Waals surface area contributed by atoms with Crippen molar-refractivity contribution in [2.45, 2.75) is 51.1 Å². The maximum Gasteiger partial charge on any atom is 0.111 e. The largest absolute Gasteiger partial charge is 0.328 e. The van der Waals surface area contributed by atoms with Gasteiger partial charge in [-0.2, -0.15) is 0 Å². The molecule has 0 aliphatic heterocycles. The molecule has 1 saturated carbocycles. The van der Waals surface area contributed by atoms with Gasteiger partial charge < -0.3 is 10.3 Å². The number of rotatable bonds is 3. The van der Waals surface area contributed by atoms with Crippen LogP contribution in [0.15, 0.2) is 18.2 Å². The number of aromatic nitrogens is 2. The van der Waals surface area contributed by atoms with Crippen molar-refractivity contribution < 1.29 is 0 Å². The Labute approximate surface area is 118 Å². The number of halogens is 1. The second-order valence-electron chi connectivity index (χ2n) is 5.65. The van der Waals surface area contributed by atoms with Crippen molar-refractivity contribution >= 4 is 22.6 Å². The molecular formula is C15H20ClN3. The number of fused-ring (bicyclic) bond motifs is 1. The van der Waals surface area contributed by atoms with Crippen molar-refractivity contribution in [2.24, 2.45) is 5.73 Å². The van der Waals surface area contributed by atoms with Crippen LogP contribution in [0.25, 0.3) is 11.0 Å². The first-order valence-electron chi connectivity index (χ1n) is 7.05. The lowest BCUT2D eigenvalue weighted by Gasteiger charge is -2.23. The molecule has 2 N–H and O–H groups in total. The second kappa shape index (κ2) is 4.80. The predicted molar refractivity (Wildman–Crippen MR) is 79.5 cm³/mol. The van der Waals surface area contributed by atoms with E-state index in [4.69, 9.17) is 22.3 Å². The zero-order valence-corrected chi connectivity index (χ0v) is 12.1. The molecule has 0 saturated heterocycles. The Bertz CT molecular complexity index is 597. The Morgan fingerprint density at radius 2 is 2.11 bits per heavy atom. The minimum Gasteiger partial charge on any atom is -0.328 e. The number of aryl methyl sites for hydroxylation is 1. The van der Waals surface area contributed by atoms with Crippen molar-refractivity contribution in [3.63, 3.8) is 0 Å². The smallest absolute Gasteiger partial charge is 0.111 e. The van der Waals surface area contributed by atoms with Crippen LogP contribution >= 0.6 is 11.6 Å². The molecule has 0 bridgehead atoms. The van der Waals surface area contributed by atoms with Gasteiger partial charge >= 0.3 is 0 Å². The van der Waals surface area contributed by atoms with Gasteiger partial charge in [-0.25, -0.2) is 4.98 Å². The fourth-order valence-electron chi connectivity index (χ4n) is 3.21. The highest BCUT2D eigenvalue weighted by Gasteiger charge is 2.31. The van der Waals surface area contributed by atoms with Gasteiger partial charge in [-0.3, -0.25) is 0 Å². The molecule has 19 heavy (non-hydrogen) atoms. The van der Waals surface area contributed by atoms with Gasteiger partial charge in [0.25, 0.3) is 0 Å². The molecule has 1 heterocycles. The molecule has 1 aliphatic rings. The zero-order chi connectivity index (χ0) is 13.5. The Kier molecular flexibility index (Phi) is 3.27. The standard InChI is InChI=1S/C15H20ClN3/c1-2-19-13-6-5-11(16)9-12(13)18-14(19)10-15(17)7-3-4-8-15/h5-6,9H,2-4,7-8,10,17H2,1H3. The topological polar surface area (TPSA) is 43.8 Å². The van der Waals surface area contributed by atoms with Crippen LogP contribution in [0.2, 0.25) is 5.02 Å². The lowest BCUT2D eigenvalue weighted by atomic mass is 9.94. The number of hydrogen-bond acceptors (Lipinski definition) is 2. The van der Waals surface area contributed by atoms with Crippen molar-refractivity contribution in [3.8, 4) is 0 Å². The molecule has 1 fully saturated rings. The number of benzene rings is 1. The molecule has 3 rings (SSSR count). The highest BCUT2D eigenvalue weighted by Crippen LogP contribution is 2.31. The molecule has 3 nitrogen and oxygen atoms in total. The molecule has 0 amide bonds. The third-order valence-electron chi connectivity index (χ3n) is 4.22. The summed E-state index contributed by atoms with van der Waals surface area (Å²) in [5.41, 5.74) is 8.56. The maximum atomic E-state index is 6.49. The predicted octanol–water partition coefficient (Wildman–Crippen LogP) is 3.52. The summed E-state index contributed by atoms with van der Waals surface area (Å²) in [5.74, 6) is 1.10. The van der Waals surface area contributed by atoms with Gasteiger partial charge in [-0.15, -0.1) is 0 Å². The van der Waals surface area contributed by atoms with Crippen LogP contribution in [-0.4, -0.2) is 15.1 Å². The number of nitrogens with two attached hydrogens (primary N) is 1. The summed E-state index contributed by atoms with van der Waals surface area (Å²) in [5, 5.41) is 0.739. The highest BCUT2D eigenvalue weighted by atomic mass is 35.5. The molecule has 2 aromatic rings. The highest BCUT2D eigenvalue weighted by molar-refractivity contribution is 6.31. The van der Waals surface area contributed by atoms with E-state index in [2.05, 4.69) is 17.6 Å². The number of imidazole rings is 1. The van der Waals surface area contributed by atoms with Crippen molar-refractivity contribution in [1.82, 2.24) is 9.55 Å². The van der Waals surface area contributed by atoms with Crippen LogP contribution in [0.5, 0.6) is 0 Å². The van der Waals surface area contributed by atoms with Crippen LogP contribution in [0, 0.1) is 0 Å². The van der Waals surface area contributed by atoms with E-state index < -0.39 is 0 Å². The van der Waals surface area contributed by atoms with Crippen LogP contribution < -0.4 is 5.73 Å². The van der Waals surface area contributed by atoms with E-state index in [1.807, 2.05) is 12.1 Å². The van der Waals surface area contributed by atoms with Crippen LogP contribution in [-0.2, 0) is 13.0 Å². The Morgan fingerprint density at radius 1 is 1.37 bits per heavy atom. The molecule has 102 valence electrons. The fraction of sp³-hybridized carbons (Fsp3) is 0.533. The van der Waals surface area contributed by atoms with E-state index in [0.717, 1.165) is 47.7 Å². The maximum absolute atomic E-state index is 6.49. The summed E-state index contributed by atoms with van der Waals surface area (Å²) in [4.78, 5) is 4.75. The lowest BCUT2D eigenvalue weighted by molar-refractivity contribution is 0.419. The van der Waals surface area contributed by atoms with Gasteiger partial charge in [0.1, 0.15) is 5.82 Å². The van der Waals surface area contributed by atoms with Gasteiger partial charge in [0.15, 0.2) is 0 Å². The SMILES string of the molecule is CCn1c(CC2(N)CCCC2)nc2cc(Cl)ccc21. The van der Waals surface area contributed by atoms with Crippen molar-refractivity contribution in [3.05, 3.63) is 29.0 Å². The molecule has 0 radical (unpaired) electrons. The summed E-state index contributed by atoms with van der Waals surface area (Å²) in [6.07, 6.45) is 5.58. The van der Waals surface area contributed by atoms with Crippen molar-refractivity contribution in [2.75, 3.05) is 0 Å². The van der Waals surface area contributed by atoms with Crippen LogP contribution in [0.1, 0.15) is 38.4 Å². The van der Waals surface area contributed by atoms with Gasteiger partial charge in [0.05, 0.1) is 11.0 Å². The Balaban J connectivity index is 2.02. The van der Waals surface area contributed by atoms with Crippen molar-refractivity contribution in [1.29, 1.82) is 0 Å². The van der Waals surface area contributed by atoms with Gasteiger partial charge in [-0.1, -0.05) is 24.4 Å². The zero-order valence-electron chi connectivity index (χ0n) is 11.3. The normalized spacial score (nSPS) is 18.3. The Morgan fingerprint density at radius 3 is 2.79 bits per heavy atom. The van der Waals surface area contributed by atoms with Crippen LogP contribution in [0.3, 0.4) is 0 Å². The summed E-state index contributed by atoms with van der Waals surface area (Å²) >= 11 is 6.05. The number of hydrogen-bond donors (Lipinski definition) is 1. The lowest BCUT2D eigenvalue weighted by Crippen LogP contribution is -2.39. The fourth-order valence-corrected chi connectivity index (χ4v) is 3.38. The summed E-state index contributed by atoms with van der Waals surface area (Å²) in [6.45, 7) is 3.07. The molecule has 1 aromatic carbocycles. The molecule has 4 heteroatoms. The quantitative estimate of drug-likeness (QED) is 0.933. The molecule has 1 aliphatic carbocycles. The van der Waals surface area contributed by atoms with Crippen LogP contribution in [0.4, 0.5) is 0 Å². The second-order valence-corrected chi connectivity index (χ2v) is 6.09. The summed E-state index contributed by atoms with van der Waals surface area (Å²) in [7, 11) is 0. The summed E-state index contributed by atoms with van der Waals surface area (Å²) < 4.78 is 2.26. The van der Waals surface area contributed by atoms with E-state index in [1.165, 1.54) is 12.8 Å². The molecule has 0 unspecified atom stereocenters. The average molecular weight is 278 g/mol. The number of nitrogens with zero attached hydrogens (tertiary/aromatic N) is 2. The van der Waals surface area contributed by atoms with Gasteiger partial charge in [0, 0.05) is 23.5 Å². The van der Waals surface area contributed by atoms with E-state index in [0.29, 0.717) is 0 Å².